The molecule has 0 spiro atoms. The Morgan fingerprint density at radius 2 is 1.29 bits per heavy atom. The number of aromatic nitrogens is 3. The van der Waals surface area contributed by atoms with E-state index in [9.17, 15) is 0 Å². The van der Waals surface area contributed by atoms with Crippen molar-refractivity contribution in [3.8, 4) is 28.1 Å². The van der Waals surface area contributed by atoms with Crippen molar-refractivity contribution in [2.75, 3.05) is 4.90 Å². The Morgan fingerprint density at radius 1 is 0.556 bits per heavy atom. The molecule has 0 radical (unpaired) electrons. The van der Waals surface area contributed by atoms with Gasteiger partial charge in [-0.15, -0.1) is 11.3 Å². The first-order chi connectivity index (χ1) is 22.3. The van der Waals surface area contributed by atoms with Crippen LogP contribution in [0.1, 0.15) is 0 Å². The van der Waals surface area contributed by atoms with Gasteiger partial charge in [-0.3, -0.25) is 9.47 Å². The minimum absolute atomic E-state index is 0.651. The first kappa shape index (κ1) is 24.6. The second-order valence-electron chi connectivity index (χ2n) is 11.4. The summed E-state index contributed by atoms with van der Waals surface area (Å²) in [5.41, 5.74) is 8.70. The molecule has 0 bridgehead atoms. The SMILES string of the molecule is c1ccc(-c2nc(N3c4ccccc4-c4ccc5ccccc5c4-n4c3cc3ccccc34)nc3c2sc2ccccc23)cc1. The lowest BCUT2D eigenvalue weighted by atomic mass is 9.97. The molecule has 6 aromatic carbocycles. The molecule has 0 fully saturated rings. The molecule has 4 heterocycles. The molecule has 210 valence electrons. The molecular formula is C40H24N4S. The fraction of sp³-hybridized carbons (Fsp3) is 0. The van der Waals surface area contributed by atoms with Crippen molar-refractivity contribution in [1.82, 2.24) is 14.5 Å². The molecule has 0 unspecified atom stereocenters. The first-order valence-electron chi connectivity index (χ1n) is 15.1. The Kier molecular flexibility index (Phi) is 5.12. The quantitative estimate of drug-likeness (QED) is 0.200. The van der Waals surface area contributed by atoms with Crippen LogP contribution in [-0.2, 0) is 0 Å². The third-order valence-electron chi connectivity index (χ3n) is 8.93. The van der Waals surface area contributed by atoms with Crippen molar-refractivity contribution < 1.29 is 0 Å². The molecule has 45 heavy (non-hydrogen) atoms. The summed E-state index contributed by atoms with van der Waals surface area (Å²) in [6, 6.07) is 51.8. The lowest BCUT2D eigenvalue weighted by Crippen LogP contribution is -2.16. The molecule has 0 saturated carbocycles. The average Bonchev–Trinajstić information content (AvgIpc) is 3.63. The summed E-state index contributed by atoms with van der Waals surface area (Å²) < 4.78 is 4.72. The van der Waals surface area contributed by atoms with E-state index in [1.54, 1.807) is 11.3 Å². The van der Waals surface area contributed by atoms with E-state index in [1.807, 2.05) is 0 Å². The van der Waals surface area contributed by atoms with Crippen LogP contribution in [-0.4, -0.2) is 14.5 Å². The van der Waals surface area contributed by atoms with Crippen molar-refractivity contribution in [3.63, 3.8) is 0 Å². The summed E-state index contributed by atoms with van der Waals surface area (Å²) in [6.45, 7) is 0. The van der Waals surface area contributed by atoms with E-state index >= 15 is 0 Å². The second kappa shape index (κ2) is 9.36. The van der Waals surface area contributed by atoms with Gasteiger partial charge in [0.2, 0.25) is 5.95 Å². The van der Waals surface area contributed by atoms with E-state index in [2.05, 4.69) is 155 Å². The summed E-state index contributed by atoms with van der Waals surface area (Å²) in [7, 11) is 0. The van der Waals surface area contributed by atoms with Crippen LogP contribution in [0.15, 0.2) is 146 Å². The zero-order chi connectivity index (χ0) is 29.5. The number of fused-ring (bicyclic) bond motifs is 12. The van der Waals surface area contributed by atoms with Gasteiger partial charge in [0.1, 0.15) is 5.82 Å². The number of rotatable bonds is 2. The van der Waals surface area contributed by atoms with Crippen LogP contribution in [0, 0.1) is 0 Å². The van der Waals surface area contributed by atoms with Gasteiger partial charge in [0.05, 0.1) is 32.8 Å². The maximum absolute atomic E-state index is 5.44. The highest BCUT2D eigenvalue weighted by Gasteiger charge is 2.31. The van der Waals surface area contributed by atoms with Crippen LogP contribution in [0.25, 0.3) is 70.0 Å². The van der Waals surface area contributed by atoms with Gasteiger partial charge >= 0.3 is 0 Å². The lowest BCUT2D eigenvalue weighted by Gasteiger charge is -2.24. The van der Waals surface area contributed by atoms with Crippen LogP contribution in [0.2, 0.25) is 0 Å². The number of anilines is 3. The molecule has 0 N–H and O–H groups in total. The molecular weight excluding hydrogens is 569 g/mol. The third-order valence-corrected chi connectivity index (χ3v) is 10.1. The molecule has 1 aliphatic rings. The first-order valence-corrected chi connectivity index (χ1v) is 15.9. The second-order valence-corrected chi connectivity index (χ2v) is 12.5. The molecule has 0 aliphatic carbocycles. The minimum atomic E-state index is 0.651. The van der Waals surface area contributed by atoms with E-state index in [4.69, 9.17) is 9.97 Å². The molecule has 1 aliphatic heterocycles. The summed E-state index contributed by atoms with van der Waals surface area (Å²) in [5, 5.41) is 4.73. The van der Waals surface area contributed by atoms with Gasteiger partial charge in [0, 0.05) is 37.5 Å². The molecule has 10 rings (SSSR count). The van der Waals surface area contributed by atoms with Crippen molar-refractivity contribution in [2.24, 2.45) is 0 Å². The minimum Gasteiger partial charge on any atom is -0.294 e. The van der Waals surface area contributed by atoms with Gasteiger partial charge in [-0.25, -0.2) is 9.97 Å². The van der Waals surface area contributed by atoms with Gasteiger partial charge < -0.3 is 0 Å². The van der Waals surface area contributed by atoms with Crippen LogP contribution < -0.4 is 4.90 Å². The molecule has 5 heteroatoms. The molecule has 3 aromatic heterocycles. The number of hydrogen-bond acceptors (Lipinski definition) is 4. The predicted octanol–water partition coefficient (Wildman–Crippen LogP) is 11.1. The third kappa shape index (κ3) is 3.53. The predicted molar refractivity (Wildman–Crippen MR) is 188 cm³/mol. The lowest BCUT2D eigenvalue weighted by molar-refractivity contribution is 1.05. The van der Waals surface area contributed by atoms with E-state index in [0.29, 0.717) is 5.95 Å². The van der Waals surface area contributed by atoms with Crippen molar-refractivity contribution in [3.05, 3.63) is 146 Å². The van der Waals surface area contributed by atoms with Gasteiger partial charge in [0.25, 0.3) is 0 Å². The zero-order valence-electron chi connectivity index (χ0n) is 24.1. The monoisotopic (exact) mass is 592 g/mol. The average molecular weight is 593 g/mol. The summed E-state index contributed by atoms with van der Waals surface area (Å²) in [4.78, 5) is 13.1. The van der Waals surface area contributed by atoms with Crippen LogP contribution >= 0.6 is 11.3 Å². The van der Waals surface area contributed by atoms with Gasteiger partial charge in [-0.2, -0.15) is 0 Å². The summed E-state index contributed by atoms with van der Waals surface area (Å²) in [6.07, 6.45) is 0. The Morgan fingerprint density at radius 3 is 2.20 bits per heavy atom. The largest absolute Gasteiger partial charge is 0.294 e. The standard InChI is InChI=1S/C40H24N4S/c1-2-13-26(14-3-1)36-39-37(31-18-8-11-21-34(31)45-39)42-40(41-36)44-33-20-10-7-17-29(33)30-23-22-25-12-4-6-16-28(25)38(30)43-32-19-9-5-15-27(32)24-35(43)44/h1-24H. The molecule has 4 nitrogen and oxygen atoms in total. The maximum atomic E-state index is 5.44. The normalized spacial score (nSPS) is 12.4. The topological polar surface area (TPSA) is 34.0 Å². The number of nitrogens with zero attached hydrogens (tertiary/aromatic N) is 4. The van der Waals surface area contributed by atoms with Crippen molar-refractivity contribution in [1.29, 1.82) is 0 Å². The Balaban J connectivity index is 1.38. The number of benzene rings is 6. The summed E-state index contributed by atoms with van der Waals surface area (Å²) in [5.74, 6) is 1.66. The zero-order valence-corrected chi connectivity index (χ0v) is 24.9. The molecule has 0 atom stereocenters. The highest BCUT2D eigenvalue weighted by molar-refractivity contribution is 7.26. The van der Waals surface area contributed by atoms with Crippen LogP contribution in [0.5, 0.6) is 0 Å². The molecule has 9 aromatic rings. The van der Waals surface area contributed by atoms with Gasteiger partial charge in [-0.05, 0) is 29.7 Å². The van der Waals surface area contributed by atoms with E-state index in [0.717, 1.165) is 49.4 Å². The Bertz CT molecular complexity index is 2610. The fourth-order valence-corrected chi connectivity index (χ4v) is 8.11. The highest BCUT2D eigenvalue weighted by atomic mass is 32.1. The number of hydrogen-bond donors (Lipinski definition) is 0. The number of para-hydroxylation sites is 2. The fourth-order valence-electron chi connectivity index (χ4n) is 6.95. The van der Waals surface area contributed by atoms with Crippen LogP contribution in [0.3, 0.4) is 0 Å². The van der Waals surface area contributed by atoms with E-state index in [1.165, 1.54) is 32.1 Å². The smallest absolute Gasteiger partial charge is 0.237 e. The van der Waals surface area contributed by atoms with Gasteiger partial charge in [-0.1, -0.05) is 121 Å². The highest BCUT2D eigenvalue weighted by Crippen LogP contribution is 2.50. The summed E-state index contributed by atoms with van der Waals surface area (Å²) >= 11 is 1.76. The number of thiophene rings is 1. The maximum Gasteiger partial charge on any atom is 0.237 e. The van der Waals surface area contributed by atoms with E-state index < -0.39 is 0 Å². The van der Waals surface area contributed by atoms with Gasteiger partial charge in [0.15, 0.2) is 0 Å². The molecule has 0 saturated heterocycles. The van der Waals surface area contributed by atoms with Crippen LogP contribution in [0.4, 0.5) is 17.5 Å². The Hall–Kier alpha value is -5.78. The Labute approximate surface area is 263 Å². The van der Waals surface area contributed by atoms with Crippen molar-refractivity contribution in [2.45, 2.75) is 0 Å². The van der Waals surface area contributed by atoms with Crippen molar-refractivity contribution >= 4 is 70.8 Å². The molecule has 0 amide bonds. The van der Waals surface area contributed by atoms with E-state index in [-0.39, 0.29) is 0 Å².